The van der Waals surface area contributed by atoms with Crippen LogP contribution in [0.3, 0.4) is 0 Å². The second-order valence-electron chi connectivity index (χ2n) is 6.94. The fraction of sp³-hybridized carbons (Fsp3) is 0.364. The van der Waals surface area contributed by atoms with Gasteiger partial charge in [0.15, 0.2) is 0 Å². The van der Waals surface area contributed by atoms with Crippen LogP contribution in [0, 0.1) is 6.92 Å². The number of para-hydroxylation sites is 1. The van der Waals surface area contributed by atoms with E-state index in [-0.39, 0.29) is 0 Å². The maximum Gasteiger partial charge on any atom is 0.312 e. The summed E-state index contributed by atoms with van der Waals surface area (Å²) in [7, 11) is 1.62. The maximum absolute atomic E-state index is 12.4. The monoisotopic (exact) mass is 381 g/mol. The lowest BCUT2D eigenvalue weighted by Crippen LogP contribution is -2.52. The van der Waals surface area contributed by atoms with E-state index < -0.39 is 11.8 Å². The lowest BCUT2D eigenvalue weighted by Gasteiger charge is -2.35. The zero-order valence-electron chi connectivity index (χ0n) is 16.5. The smallest absolute Gasteiger partial charge is 0.312 e. The average molecular weight is 381 g/mol. The minimum atomic E-state index is -0.543. The van der Waals surface area contributed by atoms with E-state index in [1.807, 2.05) is 30.3 Å². The number of piperazine rings is 1. The first kappa shape index (κ1) is 19.7. The molecule has 6 heteroatoms. The van der Waals surface area contributed by atoms with Crippen LogP contribution in [0.5, 0.6) is 5.75 Å². The molecule has 2 aromatic rings. The molecule has 148 valence electrons. The van der Waals surface area contributed by atoms with Gasteiger partial charge in [-0.25, -0.2) is 0 Å². The zero-order chi connectivity index (χ0) is 19.9. The highest BCUT2D eigenvalue weighted by Crippen LogP contribution is 2.18. The predicted molar refractivity (Wildman–Crippen MR) is 110 cm³/mol. The summed E-state index contributed by atoms with van der Waals surface area (Å²) in [5, 5.41) is 2.73. The summed E-state index contributed by atoms with van der Waals surface area (Å²) in [5.74, 6) is -0.210. The van der Waals surface area contributed by atoms with E-state index >= 15 is 0 Å². The highest BCUT2D eigenvalue weighted by molar-refractivity contribution is 6.35. The molecule has 2 amide bonds. The number of carbonyl (C=O) groups is 2. The van der Waals surface area contributed by atoms with Crippen LogP contribution < -0.4 is 15.0 Å². The first-order chi connectivity index (χ1) is 13.6. The third-order valence-electron chi connectivity index (χ3n) is 5.00. The molecule has 3 rings (SSSR count). The van der Waals surface area contributed by atoms with Gasteiger partial charge in [-0.2, -0.15) is 0 Å². The largest absolute Gasteiger partial charge is 0.496 e. The molecule has 0 spiro atoms. The van der Waals surface area contributed by atoms with Gasteiger partial charge in [-0.1, -0.05) is 30.3 Å². The highest BCUT2D eigenvalue weighted by Gasteiger charge is 2.25. The van der Waals surface area contributed by atoms with Gasteiger partial charge in [0.2, 0.25) is 0 Å². The normalized spacial score (nSPS) is 13.9. The summed E-state index contributed by atoms with van der Waals surface area (Å²) in [5.41, 5.74) is 3.38. The number of aryl methyl sites for hydroxylation is 1. The Bertz CT molecular complexity index is 829. The van der Waals surface area contributed by atoms with E-state index in [1.54, 1.807) is 12.0 Å². The Labute approximate surface area is 166 Å². The van der Waals surface area contributed by atoms with Gasteiger partial charge in [0, 0.05) is 38.4 Å². The minimum absolute atomic E-state index is 0.397. The molecule has 1 N–H and O–H groups in total. The Kier molecular flexibility index (Phi) is 6.53. The molecule has 1 saturated heterocycles. The fourth-order valence-corrected chi connectivity index (χ4v) is 3.43. The fourth-order valence-electron chi connectivity index (χ4n) is 3.43. The first-order valence-electron chi connectivity index (χ1n) is 9.59. The van der Waals surface area contributed by atoms with E-state index in [1.165, 1.54) is 5.56 Å². The molecule has 0 radical (unpaired) electrons. The van der Waals surface area contributed by atoms with Crippen molar-refractivity contribution in [3.8, 4) is 5.75 Å². The number of ether oxygens (including phenoxy) is 1. The van der Waals surface area contributed by atoms with Crippen molar-refractivity contribution in [3.05, 3.63) is 59.7 Å². The van der Waals surface area contributed by atoms with E-state index in [9.17, 15) is 9.59 Å². The van der Waals surface area contributed by atoms with Crippen LogP contribution in [-0.4, -0.2) is 56.5 Å². The Balaban J connectivity index is 1.46. The van der Waals surface area contributed by atoms with Crippen LogP contribution in [0.1, 0.15) is 11.1 Å². The van der Waals surface area contributed by atoms with Crippen LogP contribution in [0.2, 0.25) is 0 Å². The number of amides is 2. The molecule has 1 heterocycles. The van der Waals surface area contributed by atoms with Crippen molar-refractivity contribution in [1.29, 1.82) is 0 Å². The SMILES string of the molecule is COc1ccccc1CCNC(=O)C(=O)N1CCN(c2cccc(C)c2)CC1. The number of methoxy groups -OCH3 is 1. The number of benzene rings is 2. The summed E-state index contributed by atoms with van der Waals surface area (Å²) >= 11 is 0. The van der Waals surface area contributed by atoms with Gasteiger partial charge in [-0.15, -0.1) is 0 Å². The lowest BCUT2D eigenvalue weighted by atomic mass is 10.1. The topological polar surface area (TPSA) is 61.9 Å². The third kappa shape index (κ3) is 4.82. The maximum atomic E-state index is 12.4. The zero-order valence-corrected chi connectivity index (χ0v) is 16.5. The number of anilines is 1. The Morgan fingerprint density at radius 3 is 2.50 bits per heavy atom. The molecule has 0 atom stereocenters. The first-order valence-corrected chi connectivity index (χ1v) is 9.59. The van der Waals surface area contributed by atoms with Crippen molar-refractivity contribution in [3.63, 3.8) is 0 Å². The molecule has 0 saturated carbocycles. The molecule has 2 aromatic carbocycles. The summed E-state index contributed by atoms with van der Waals surface area (Å²) in [6, 6.07) is 16.0. The summed E-state index contributed by atoms with van der Waals surface area (Å²) in [6.45, 7) is 5.01. The van der Waals surface area contributed by atoms with Gasteiger partial charge in [0.25, 0.3) is 0 Å². The second-order valence-corrected chi connectivity index (χ2v) is 6.94. The van der Waals surface area contributed by atoms with E-state index in [0.29, 0.717) is 26.1 Å². The second kappa shape index (κ2) is 9.26. The number of hydrogen-bond donors (Lipinski definition) is 1. The third-order valence-corrected chi connectivity index (χ3v) is 5.00. The lowest BCUT2D eigenvalue weighted by molar-refractivity contribution is -0.146. The average Bonchev–Trinajstić information content (AvgIpc) is 2.73. The van der Waals surface area contributed by atoms with Crippen molar-refractivity contribution >= 4 is 17.5 Å². The van der Waals surface area contributed by atoms with Gasteiger partial charge in [-0.3, -0.25) is 9.59 Å². The number of nitrogens with one attached hydrogen (secondary N) is 1. The van der Waals surface area contributed by atoms with Crippen molar-refractivity contribution in [2.24, 2.45) is 0 Å². The van der Waals surface area contributed by atoms with Crippen LogP contribution in [0.25, 0.3) is 0 Å². The van der Waals surface area contributed by atoms with Crippen molar-refractivity contribution in [2.45, 2.75) is 13.3 Å². The molecule has 28 heavy (non-hydrogen) atoms. The van der Waals surface area contributed by atoms with Gasteiger partial charge < -0.3 is 19.9 Å². The van der Waals surface area contributed by atoms with Crippen molar-refractivity contribution < 1.29 is 14.3 Å². The molecule has 1 aliphatic heterocycles. The molecule has 0 aliphatic carbocycles. The molecule has 1 fully saturated rings. The van der Waals surface area contributed by atoms with E-state index in [0.717, 1.165) is 30.1 Å². The Hall–Kier alpha value is -3.02. The molecule has 1 aliphatic rings. The number of nitrogens with zero attached hydrogens (tertiary/aromatic N) is 2. The molecule has 0 bridgehead atoms. The molecular formula is C22H27N3O3. The van der Waals surface area contributed by atoms with E-state index in [4.69, 9.17) is 4.74 Å². The van der Waals surface area contributed by atoms with Crippen molar-refractivity contribution in [1.82, 2.24) is 10.2 Å². The standard InChI is InChI=1S/C22H27N3O3/c1-17-6-5-8-19(16-17)24-12-14-25(15-13-24)22(27)21(26)23-11-10-18-7-3-4-9-20(18)28-2/h3-9,16H,10-15H2,1-2H3,(H,23,26). The van der Waals surface area contributed by atoms with Gasteiger partial charge in [-0.05, 0) is 42.7 Å². The summed E-state index contributed by atoms with van der Waals surface area (Å²) in [4.78, 5) is 28.5. The number of hydrogen-bond acceptors (Lipinski definition) is 4. The van der Waals surface area contributed by atoms with Crippen LogP contribution in [-0.2, 0) is 16.0 Å². The molecule has 0 aromatic heterocycles. The summed E-state index contributed by atoms with van der Waals surface area (Å²) in [6.07, 6.45) is 0.615. The minimum Gasteiger partial charge on any atom is -0.496 e. The van der Waals surface area contributed by atoms with Gasteiger partial charge in [0.05, 0.1) is 7.11 Å². The molecular weight excluding hydrogens is 354 g/mol. The number of carbonyl (C=O) groups excluding carboxylic acids is 2. The predicted octanol–water partition coefficient (Wildman–Crippen LogP) is 2.01. The van der Waals surface area contributed by atoms with Crippen LogP contribution in [0.15, 0.2) is 48.5 Å². The Morgan fingerprint density at radius 1 is 1.04 bits per heavy atom. The van der Waals surface area contributed by atoms with Crippen LogP contribution >= 0.6 is 0 Å². The number of rotatable bonds is 5. The van der Waals surface area contributed by atoms with Crippen molar-refractivity contribution in [2.75, 3.05) is 44.7 Å². The van der Waals surface area contributed by atoms with E-state index in [2.05, 4.69) is 35.3 Å². The quantitative estimate of drug-likeness (QED) is 0.805. The van der Waals surface area contributed by atoms with Gasteiger partial charge >= 0.3 is 11.8 Å². The Morgan fingerprint density at radius 2 is 1.79 bits per heavy atom. The van der Waals surface area contributed by atoms with Crippen LogP contribution in [0.4, 0.5) is 5.69 Å². The van der Waals surface area contributed by atoms with Gasteiger partial charge in [0.1, 0.15) is 5.75 Å². The highest BCUT2D eigenvalue weighted by atomic mass is 16.5. The molecule has 0 unspecified atom stereocenters. The molecule has 6 nitrogen and oxygen atoms in total. The summed E-state index contributed by atoms with van der Waals surface area (Å²) < 4.78 is 5.31.